The van der Waals surface area contributed by atoms with Crippen molar-refractivity contribution in [2.45, 2.75) is 46.0 Å². The van der Waals surface area contributed by atoms with Crippen molar-refractivity contribution in [2.24, 2.45) is 17.8 Å². The van der Waals surface area contributed by atoms with Gasteiger partial charge in [0.25, 0.3) is 0 Å². The van der Waals surface area contributed by atoms with Gasteiger partial charge >= 0.3 is 5.97 Å². The number of esters is 1. The molecular weight excluding hydrogens is 366 g/mol. The van der Waals surface area contributed by atoms with Gasteiger partial charge in [-0.05, 0) is 50.5 Å². The Kier molecular flexibility index (Phi) is 5.99. The van der Waals surface area contributed by atoms with Crippen molar-refractivity contribution in [1.82, 2.24) is 0 Å². The standard InChI is InChI=1S/C20H25NO5S/c1-3-26-20(25)16-14-9-8-11(2)10-15(14)27-18(16)21-17(22)12-6-4-5-7-13(12)19(23)24/h4-5,11-13H,3,6-10H2,1-2H3,(H,21,22)(H,23,24)/p-1/t11-,12-,13+/m1/s1. The first-order valence-electron chi connectivity index (χ1n) is 9.40. The molecule has 1 amide bonds. The van der Waals surface area contributed by atoms with Crippen LogP contribution >= 0.6 is 11.3 Å². The van der Waals surface area contributed by atoms with E-state index in [1.54, 1.807) is 13.0 Å². The van der Waals surface area contributed by atoms with Gasteiger partial charge in [-0.2, -0.15) is 0 Å². The fourth-order valence-corrected chi connectivity index (χ4v) is 5.23. The Morgan fingerprint density at radius 1 is 1.26 bits per heavy atom. The molecule has 1 heterocycles. The maximum atomic E-state index is 12.8. The normalized spacial score (nSPS) is 24.1. The van der Waals surface area contributed by atoms with Crippen LogP contribution in [0.2, 0.25) is 0 Å². The number of carbonyl (C=O) groups excluding carboxylic acids is 3. The number of amides is 1. The smallest absolute Gasteiger partial charge is 0.341 e. The van der Waals surface area contributed by atoms with Crippen molar-refractivity contribution in [3.05, 3.63) is 28.2 Å². The van der Waals surface area contributed by atoms with Crippen LogP contribution in [0.15, 0.2) is 12.2 Å². The van der Waals surface area contributed by atoms with Gasteiger partial charge in [0.1, 0.15) is 5.00 Å². The van der Waals surface area contributed by atoms with Gasteiger partial charge in [0, 0.05) is 16.8 Å². The molecule has 0 aliphatic heterocycles. The van der Waals surface area contributed by atoms with Gasteiger partial charge in [0.2, 0.25) is 5.91 Å². The van der Waals surface area contributed by atoms with Crippen LogP contribution in [0.5, 0.6) is 0 Å². The third kappa shape index (κ3) is 4.08. The molecule has 0 spiro atoms. The summed E-state index contributed by atoms with van der Waals surface area (Å²) in [6.45, 7) is 4.17. The predicted molar refractivity (Wildman–Crippen MR) is 100 cm³/mol. The molecule has 0 bridgehead atoms. The van der Waals surface area contributed by atoms with Crippen molar-refractivity contribution < 1.29 is 24.2 Å². The van der Waals surface area contributed by atoms with Crippen LogP contribution in [-0.4, -0.2) is 24.5 Å². The van der Waals surface area contributed by atoms with Gasteiger partial charge in [-0.25, -0.2) is 4.79 Å². The monoisotopic (exact) mass is 390 g/mol. The summed E-state index contributed by atoms with van der Waals surface area (Å²) in [6, 6.07) is 0. The molecular formula is C20H24NO5S-. The largest absolute Gasteiger partial charge is 0.550 e. The number of rotatable bonds is 5. The molecule has 1 aromatic rings. The second-order valence-electron chi connectivity index (χ2n) is 7.24. The zero-order valence-corrected chi connectivity index (χ0v) is 16.4. The molecule has 0 saturated heterocycles. The van der Waals surface area contributed by atoms with E-state index in [1.165, 1.54) is 11.3 Å². The molecule has 3 rings (SSSR count). The number of thiophene rings is 1. The van der Waals surface area contributed by atoms with E-state index in [2.05, 4.69) is 12.2 Å². The molecule has 0 aromatic carbocycles. The van der Waals surface area contributed by atoms with E-state index in [4.69, 9.17) is 4.74 Å². The highest BCUT2D eigenvalue weighted by Gasteiger charge is 2.33. The van der Waals surface area contributed by atoms with Crippen LogP contribution in [-0.2, 0) is 27.2 Å². The van der Waals surface area contributed by atoms with Crippen LogP contribution in [0.3, 0.4) is 0 Å². The number of hydrogen-bond acceptors (Lipinski definition) is 6. The Labute approximate surface area is 162 Å². The number of aliphatic carboxylic acids is 1. The van der Waals surface area contributed by atoms with Gasteiger partial charge in [0.15, 0.2) is 0 Å². The second-order valence-corrected chi connectivity index (χ2v) is 8.35. The molecule has 0 unspecified atom stereocenters. The van der Waals surface area contributed by atoms with Crippen molar-refractivity contribution >= 4 is 34.2 Å². The molecule has 0 fully saturated rings. The van der Waals surface area contributed by atoms with Crippen LogP contribution in [0.1, 0.15) is 53.9 Å². The predicted octanol–water partition coefficient (Wildman–Crippen LogP) is 2.32. The highest BCUT2D eigenvalue weighted by molar-refractivity contribution is 7.17. The van der Waals surface area contributed by atoms with E-state index >= 15 is 0 Å². The number of carbonyl (C=O) groups is 3. The molecule has 2 aliphatic carbocycles. The number of nitrogens with one attached hydrogen (secondary N) is 1. The highest BCUT2D eigenvalue weighted by Crippen LogP contribution is 2.40. The van der Waals surface area contributed by atoms with E-state index in [-0.39, 0.29) is 18.9 Å². The summed E-state index contributed by atoms with van der Waals surface area (Å²) < 4.78 is 5.21. The van der Waals surface area contributed by atoms with Crippen LogP contribution < -0.4 is 10.4 Å². The van der Waals surface area contributed by atoms with Gasteiger partial charge < -0.3 is 20.0 Å². The number of hydrogen-bond donors (Lipinski definition) is 1. The molecule has 1 N–H and O–H groups in total. The Bertz CT molecular complexity index is 782. The van der Waals surface area contributed by atoms with E-state index in [0.717, 1.165) is 29.7 Å². The summed E-state index contributed by atoms with van der Waals surface area (Å²) in [5.41, 5.74) is 1.40. The summed E-state index contributed by atoms with van der Waals surface area (Å²) in [6.07, 6.45) is 6.85. The van der Waals surface area contributed by atoms with E-state index in [0.29, 0.717) is 22.9 Å². The fourth-order valence-electron chi connectivity index (χ4n) is 3.83. The minimum absolute atomic E-state index is 0.257. The average molecular weight is 390 g/mol. The lowest BCUT2D eigenvalue weighted by Gasteiger charge is -2.28. The minimum Gasteiger partial charge on any atom is -0.550 e. The van der Waals surface area contributed by atoms with Crippen LogP contribution in [0.25, 0.3) is 0 Å². The van der Waals surface area contributed by atoms with Crippen LogP contribution in [0.4, 0.5) is 5.00 Å². The van der Waals surface area contributed by atoms with Crippen molar-refractivity contribution in [3.63, 3.8) is 0 Å². The minimum atomic E-state index is -1.22. The lowest BCUT2D eigenvalue weighted by atomic mass is 9.82. The van der Waals surface area contributed by atoms with Crippen molar-refractivity contribution in [3.8, 4) is 0 Å². The van der Waals surface area contributed by atoms with Gasteiger partial charge in [-0.15, -0.1) is 11.3 Å². The number of carboxylic acids is 1. The summed E-state index contributed by atoms with van der Waals surface area (Å²) >= 11 is 1.41. The number of anilines is 1. The second kappa shape index (κ2) is 8.25. The third-order valence-corrected chi connectivity index (χ3v) is 6.47. The molecule has 7 heteroatoms. The van der Waals surface area contributed by atoms with E-state index in [9.17, 15) is 19.5 Å². The SMILES string of the molecule is CCOC(=O)c1c(NC(=O)[C@@H]2CC=CC[C@@H]2C(=O)[O-])sc2c1CC[C@@H](C)C2. The molecule has 3 atom stereocenters. The summed E-state index contributed by atoms with van der Waals surface area (Å²) in [5, 5.41) is 14.7. The van der Waals surface area contributed by atoms with E-state index < -0.39 is 23.8 Å². The summed E-state index contributed by atoms with van der Waals surface area (Å²) in [5.74, 6) is -3.06. The van der Waals surface area contributed by atoms with E-state index in [1.807, 2.05) is 6.08 Å². The van der Waals surface area contributed by atoms with Gasteiger partial charge in [-0.3, -0.25) is 4.79 Å². The molecule has 27 heavy (non-hydrogen) atoms. The summed E-state index contributed by atoms with van der Waals surface area (Å²) in [4.78, 5) is 37.8. The fraction of sp³-hybridized carbons (Fsp3) is 0.550. The number of ether oxygens (including phenoxy) is 1. The zero-order valence-electron chi connectivity index (χ0n) is 15.6. The lowest BCUT2D eigenvalue weighted by Crippen LogP contribution is -2.41. The topological polar surface area (TPSA) is 95.5 Å². The first kappa shape index (κ1) is 19.6. The Hall–Kier alpha value is -2.15. The molecule has 2 aliphatic rings. The molecule has 0 saturated carbocycles. The Morgan fingerprint density at radius 2 is 1.96 bits per heavy atom. The number of carboxylic acid groups (broad SMARTS) is 1. The number of allylic oxidation sites excluding steroid dienone is 2. The molecule has 6 nitrogen and oxygen atoms in total. The first-order valence-corrected chi connectivity index (χ1v) is 10.2. The van der Waals surface area contributed by atoms with Gasteiger partial charge in [0.05, 0.1) is 18.1 Å². The number of fused-ring (bicyclic) bond motifs is 1. The molecule has 146 valence electrons. The average Bonchev–Trinajstić information content (AvgIpc) is 2.98. The van der Waals surface area contributed by atoms with Crippen molar-refractivity contribution in [2.75, 3.05) is 11.9 Å². The maximum absolute atomic E-state index is 12.8. The Morgan fingerprint density at radius 3 is 2.63 bits per heavy atom. The molecule has 0 radical (unpaired) electrons. The Balaban J connectivity index is 1.89. The quantitative estimate of drug-likeness (QED) is 0.615. The maximum Gasteiger partial charge on any atom is 0.341 e. The highest BCUT2D eigenvalue weighted by atomic mass is 32.1. The molecule has 1 aromatic heterocycles. The van der Waals surface area contributed by atoms with Crippen LogP contribution in [0, 0.1) is 17.8 Å². The zero-order chi connectivity index (χ0) is 19.6. The first-order chi connectivity index (χ1) is 12.9. The lowest BCUT2D eigenvalue weighted by molar-refractivity contribution is -0.313. The van der Waals surface area contributed by atoms with Gasteiger partial charge in [-0.1, -0.05) is 19.1 Å². The summed E-state index contributed by atoms with van der Waals surface area (Å²) in [7, 11) is 0. The van der Waals surface area contributed by atoms with Crippen molar-refractivity contribution in [1.29, 1.82) is 0 Å². The third-order valence-electron chi connectivity index (χ3n) is 5.30.